The number of nitrogens with zero attached hydrogens (tertiary/aromatic N) is 1. The Kier molecular flexibility index (Phi) is 36.3. The van der Waals surface area contributed by atoms with Crippen molar-refractivity contribution in [3.8, 4) is 0 Å². The van der Waals surface area contributed by atoms with Crippen molar-refractivity contribution in [3.63, 3.8) is 0 Å². The molecule has 0 radical (unpaired) electrons. The zero-order chi connectivity index (χ0) is 39.1. The van der Waals surface area contributed by atoms with Crippen molar-refractivity contribution in [2.75, 3.05) is 54.1 Å². The Morgan fingerprint density at radius 1 is 0.585 bits per heavy atom. The summed E-state index contributed by atoms with van der Waals surface area (Å²) in [6.07, 6.45) is 44.2. The molecule has 0 N–H and O–H groups in total. The van der Waals surface area contributed by atoms with Crippen molar-refractivity contribution < 1.29 is 37.3 Å². The highest BCUT2D eigenvalue weighted by Crippen LogP contribution is 2.38. The van der Waals surface area contributed by atoms with Gasteiger partial charge in [-0.1, -0.05) is 165 Å². The summed E-state index contributed by atoms with van der Waals surface area (Å²) in [4.78, 5) is 25.0. The number of hydrogen-bond donors (Lipinski definition) is 0. The van der Waals surface area contributed by atoms with Crippen molar-refractivity contribution in [3.05, 3.63) is 48.6 Å². The molecule has 0 saturated carbocycles. The van der Waals surface area contributed by atoms with Crippen molar-refractivity contribution in [2.45, 2.75) is 174 Å². The molecular weight excluding hydrogens is 685 g/mol. The van der Waals surface area contributed by atoms with Crippen LogP contribution in [0.4, 0.5) is 0 Å². The lowest BCUT2D eigenvalue weighted by Gasteiger charge is -2.28. The predicted molar refractivity (Wildman–Crippen MR) is 222 cm³/mol. The average Bonchev–Trinajstić information content (AvgIpc) is 3.11. The SMILES string of the molecule is CCCCCC/C=C\C/C=C\C/C=C\C/C=C\CCC(=O)OC(COCCCCCCCCCCCCCCCC)COP(=O)([O-])OCC[N+](C)(C)C. The molecule has 0 heterocycles. The molecule has 9 heteroatoms. The summed E-state index contributed by atoms with van der Waals surface area (Å²) in [6.45, 7) is 5.30. The number of likely N-dealkylation sites (N-methyl/N-ethyl adjacent to an activating group) is 1. The smallest absolute Gasteiger partial charge is 0.306 e. The normalized spacial score (nSPS) is 14.3. The van der Waals surface area contributed by atoms with Gasteiger partial charge in [0.15, 0.2) is 0 Å². The Labute approximate surface area is 327 Å². The van der Waals surface area contributed by atoms with Crippen molar-refractivity contribution in [2.24, 2.45) is 0 Å². The minimum atomic E-state index is -4.54. The van der Waals surface area contributed by atoms with Crippen LogP contribution < -0.4 is 4.89 Å². The third-order valence-electron chi connectivity index (χ3n) is 8.90. The van der Waals surface area contributed by atoms with E-state index in [2.05, 4.69) is 50.3 Å². The van der Waals surface area contributed by atoms with Crippen LogP contribution in [0.3, 0.4) is 0 Å². The van der Waals surface area contributed by atoms with Gasteiger partial charge in [-0.3, -0.25) is 9.36 Å². The third kappa shape index (κ3) is 41.5. The van der Waals surface area contributed by atoms with Gasteiger partial charge in [-0.15, -0.1) is 0 Å². The van der Waals surface area contributed by atoms with Gasteiger partial charge in [0.25, 0.3) is 7.82 Å². The molecule has 0 aliphatic heterocycles. The second kappa shape index (κ2) is 37.4. The molecule has 8 nitrogen and oxygen atoms in total. The van der Waals surface area contributed by atoms with Crippen LogP contribution in [0.15, 0.2) is 48.6 Å². The van der Waals surface area contributed by atoms with E-state index in [0.29, 0.717) is 24.1 Å². The van der Waals surface area contributed by atoms with E-state index in [-0.39, 0.29) is 26.2 Å². The molecule has 0 aromatic rings. The number of quaternary nitrogens is 1. The number of phosphoric acid groups is 1. The van der Waals surface area contributed by atoms with Crippen molar-refractivity contribution in [1.82, 2.24) is 0 Å². The molecule has 0 saturated heterocycles. The lowest BCUT2D eigenvalue weighted by Crippen LogP contribution is -2.37. The standard InChI is InChI=1S/C44H82NO7P/c1-6-8-10-12-14-16-18-20-22-23-24-25-27-29-31-33-35-37-44(46)52-43(42-51-53(47,48)50-40-38-45(3,4)5)41-49-39-36-34-32-30-28-26-21-19-17-15-13-11-9-7-2/h16,18,22-23,25,27,31,33,43H,6-15,17,19-21,24,26,28-30,32,34-42H2,1-5H3/b18-16-,23-22-,27-25-,33-31-. The number of unbranched alkanes of at least 4 members (excludes halogenated alkanes) is 17. The van der Waals surface area contributed by atoms with Gasteiger partial charge in [0, 0.05) is 13.0 Å². The summed E-state index contributed by atoms with van der Waals surface area (Å²) in [5.74, 6) is -0.411. The lowest BCUT2D eigenvalue weighted by molar-refractivity contribution is -0.870. The largest absolute Gasteiger partial charge is 0.756 e. The molecule has 0 amide bonds. The van der Waals surface area contributed by atoms with Gasteiger partial charge in [0.2, 0.25) is 0 Å². The summed E-state index contributed by atoms with van der Waals surface area (Å²) in [5.41, 5.74) is 0. The van der Waals surface area contributed by atoms with Crippen molar-refractivity contribution in [1.29, 1.82) is 0 Å². The Hall–Kier alpha value is -1.54. The van der Waals surface area contributed by atoms with E-state index in [1.54, 1.807) is 0 Å². The molecule has 0 spiro atoms. The molecule has 0 fully saturated rings. The molecule has 2 atom stereocenters. The average molecular weight is 768 g/mol. The lowest BCUT2D eigenvalue weighted by atomic mass is 10.0. The second-order valence-corrected chi connectivity index (χ2v) is 16.8. The van der Waals surface area contributed by atoms with Gasteiger partial charge in [-0.25, -0.2) is 0 Å². The number of hydrogen-bond acceptors (Lipinski definition) is 7. The van der Waals surface area contributed by atoms with Gasteiger partial charge >= 0.3 is 5.97 Å². The van der Waals surface area contributed by atoms with Crippen LogP contribution >= 0.6 is 7.82 Å². The topological polar surface area (TPSA) is 94.1 Å². The van der Waals surface area contributed by atoms with E-state index in [9.17, 15) is 14.3 Å². The molecule has 0 aromatic heterocycles. The number of carbonyl (C=O) groups excluding carboxylic acids is 1. The Bertz CT molecular complexity index is 989. The predicted octanol–water partition coefficient (Wildman–Crippen LogP) is 11.7. The van der Waals surface area contributed by atoms with Gasteiger partial charge in [0.1, 0.15) is 19.3 Å². The Morgan fingerprint density at radius 3 is 1.55 bits per heavy atom. The number of esters is 1. The third-order valence-corrected chi connectivity index (χ3v) is 9.86. The van der Waals surface area contributed by atoms with Crippen LogP contribution in [0.2, 0.25) is 0 Å². The van der Waals surface area contributed by atoms with E-state index < -0.39 is 19.9 Å². The minimum absolute atomic E-state index is 0.0134. The summed E-state index contributed by atoms with van der Waals surface area (Å²) in [6, 6.07) is 0. The number of ether oxygens (including phenoxy) is 2. The zero-order valence-electron chi connectivity index (χ0n) is 35.0. The molecule has 53 heavy (non-hydrogen) atoms. The highest BCUT2D eigenvalue weighted by Gasteiger charge is 2.20. The molecule has 0 aromatic carbocycles. The fourth-order valence-corrected chi connectivity index (χ4v) is 6.28. The summed E-state index contributed by atoms with van der Waals surface area (Å²) in [5, 5.41) is 0. The summed E-state index contributed by atoms with van der Waals surface area (Å²) < 4.78 is 34.4. The van der Waals surface area contributed by atoms with Crippen LogP contribution in [0.25, 0.3) is 0 Å². The monoisotopic (exact) mass is 768 g/mol. The molecule has 310 valence electrons. The maximum Gasteiger partial charge on any atom is 0.306 e. The van der Waals surface area contributed by atoms with E-state index in [0.717, 1.165) is 32.1 Å². The van der Waals surface area contributed by atoms with Gasteiger partial charge in [0.05, 0.1) is 34.4 Å². The molecule has 0 aliphatic carbocycles. The van der Waals surface area contributed by atoms with E-state index in [1.165, 1.54) is 109 Å². The Morgan fingerprint density at radius 2 is 1.04 bits per heavy atom. The van der Waals surface area contributed by atoms with Crippen LogP contribution in [-0.2, 0) is 27.9 Å². The first kappa shape index (κ1) is 51.5. The van der Waals surface area contributed by atoms with Gasteiger partial charge in [-0.05, 0) is 44.9 Å². The minimum Gasteiger partial charge on any atom is -0.756 e. The number of allylic oxidation sites excluding steroid dienone is 8. The summed E-state index contributed by atoms with van der Waals surface area (Å²) >= 11 is 0. The molecule has 0 rings (SSSR count). The molecule has 0 bridgehead atoms. The highest BCUT2D eigenvalue weighted by molar-refractivity contribution is 7.45. The number of phosphoric ester groups is 1. The van der Waals surface area contributed by atoms with Crippen LogP contribution in [0, 0.1) is 0 Å². The fraction of sp³-hybridized carbons (Fsp3) is 0.795. The first-order valence-corrected chi connectivity index (χ1v) is 22.8. The van der Waals surface area contributed by atoms with Crippen LogP contribution in [-0.4, -0.2) is 70.7 Å². The van der Waals surface area contributed by atoms with E-state index >= 15 is 0 Å². The van der Waals surface area contributed by atoms with E-state index in [4.69, 9.17) is 18.5 Å². The van der Waals surface area contributed by atoms with Crippen LogP contribution in [0.1, 0.15) is 168 Å². The van der Waals surface area contributed by atoms with Gasteiger partial charge < -0.3 is 27.9 Å². The quantitative estimate of drug-likeness (QED) is 0.0202. The first-order chi connectivity index (χ1) is 25.6. The Balaban J connectivity index is 4.38. The molecule has 0 aliphatic rings. The number of carbonyl (C=O) groups is 1. The number of rotatable bonds is 39. The molecular formula is C44H82NO7P. The maximum absolute atomic E-state index is 12.6. The first-order valence-electron chi connectivity index (χ1n) is 21.4. The highest BCUT2D eigenvalue weighted by atomic mass is 31.2. The van der Waals surface area contributed by atoms with Crippen molar-refractivity contribution >= 4 is 13.8 Å². The maximum atomic E-state index is 12.6. The zero-order valence-corrected chi connectivity index (χ0v) is 35.8. The summed E-state index contributed by atoms with van der Waals surface area (Å²) in [7, 11) is 1.31. The fourth-order valence-electron chi connectivity index (χ4n) is 5.55. The van der Waals surface area contributed by atoms with E-state index in [1.807, 2.05) is 33.3 Å². The van der Waals surface area contributed by atoms with Crippen LogP contribution in [0.5, 0.6) is 0 Å². The molecule has 2 unspecified atom stereocenters. The van der Waals surface area contributed by atoms with Gasteiger partial charge in [-0.2, -0.15) is 0 Å². The second-order valence-electron chi connectivity index (χ2n) is 15.4.